The molecule has 2 aromatic rings. The largest absolute Gasteiger partial charge is 0.495 e. The predicted molar refractivity (Wildman–Crippen MR) is 60.0 cm³/mol. The Morgan fingerprint density at radius 2 is 2.25 bits per heavy atom. The minimum absolute atomic E-state index is 0.274. The molecule has 0 aromatic carbocycles. The molecular weight excluding hydrogens is 204 g/mol. The van der Waals surface area contributed by atoms with Gasteiger partial charge in [-0.2, -0.15) is 5.10 Å². The van der Waals surface area contributed by atoms with Gasteiger partial charge in [0.1, 0.15) is 5.75 Å². The molecule has 0 aliphatic carbocycles. The number of hydrogen-bond donors (Lipinski definition) is 1. The summed E-state index contributed by atoms with van der Waals surface area (Å²) >= 11 is 0. The van der Waals surface area contributed by atoms with Crippen molar-refractivity contribution in [1.29, 1.82) is 0 Å². The van der Waals surface area contributed by atoms with Crippen molar-refractivity contribution in [3.05, 3.63) is 42.0 Å². The van der Waals surface area contributed by atoms with Crippen molar-refractivity contribution in [3.63, 3.8) is 0 Å². The van der Waals surface area contributed by atoms with E-state index < -0.39 is 0 Å². The zero-order valence-electron chi connectivity index (χ0n) is 9.29. The van der Waals surface area contributed by atoms with Gasteiger partial charge in [-0.25, -0.2) is 0 Å². The first-order valence-electron chi connectivity index (χ1n) is 4.95. The van der Waals surface area contributed by atoms with Crippen LogP contribution in [0.5, 0.6) is 5.75 Å². The Morgan fingerprint density at radius 3 is 2.88 bits per heavy atom. The zero-order chi connectivity index (χ0) is 11.5. The minimum atomic E-state index is -0.274. The highest BCUT2D eigenvalue weighted by atomic mass is 16.5. The second-order valence-electron chi connectivity index (χ2n) is 3.55. The number of nitrogens with zero attached hydrogens (tertiary/aromatic N) is 3. The van der Waals surface area contributed by atoms with Gasteiger partial charge in [0.05, 0.1) is 25.0 Å². The third-order valence-corrected chi connectivity index (χ3v) is 2.38. The van der Waals surface area contributed by atoms with Crippen LogP contribution in [0.2, 0.25) is 0 Å². The number of methoxy groups -OCH3 is 1. The van der Waals surface area contributed by atoms with Crippen molar-refractivity contribution in [3.8, 4) is 5.75 Å². The summed E-state index contributed by atoms with van der Waals surface area (Å²) in [5, 5.41) is 4.27. The highest BCUT2D eigenvalue weighted by molar-refractivity contribution is 5.30. The first kappa shape index (κ1) is 10.6. The molecule has 2 N–H and O–H groups in total. The minimum Gasteiger partial charge on any atom is -0.495 e. The molecule has 1 atom stereocenters. The number of aryl methyl sites for hydroxylation is 1. The molecule has 0 saturated carbocycles. The lowest BCUT2D eigenvalue weighted by Gasteiger charge is -2.09. The Labute approximate surface area is 93.9 Å². The standard InChI is InChI=1S/C11H14N4O/c1-15-4-3-10(14-15)11(12)8-5-9(16-2)7-13-6-8/h3-7,11H,12H2,1-2H3. The molecule has 16 heavy (non-hydrogen) atoms. The van der Waals surface area contributed by atoms with Gasteiger partial charge >= 0.3 is 0 Å². The van der Waals surface area contributed by atoms with Crippen molar-refractivity contribution in [2.24, 2.45) is 12.8 Å². The third kappa shape index (κ3) is 2.04. The van der Waals surface area contributed by atoms with Crippen molar-refractivity contribution in [1.82, 2.24) is 14.8 Å². The molecule has 2 rings (SSSR count). The van der Waals surface area contributed by atoms with E-state index >= 15 is 0 Å². The van der Waals surface area contributed by atoms with E-state index in [9.17, 15) is 0 Å². The van der Waals surface area contributed by atoms with E-state index in [2.05, 4.69) is 10.1 Å². The van der Waals surface area contributed by atoms with Gasteiger partial charge in [-0.05, 0) is 17.7 Å². The van der Waals surface area contributed by atoms with Gasteiger partial charge < -0.3 is 10.5 Å². The molecule has 2 aromatic heterocycles. The Hall–Kier alpha value is -1.88. The number of ether oxygens (including phenoxy) is 1. The number of hydrogen-bond acceptors (Lipinski definition) is 4. The molecule has 2 heterocycles. The Kier molecular flexibility index (Phi) is 2.87. The monoisotopic (exact) mass is 218 g/mol. The number of nitrogens with two attached hydrogens (primary N) is 1. The normalized spacial score (nSPS) is 12.4. The lowest BCUT2D eigenvalue weighted by molar-refractivity contribution is 0.412. The van der Waals surface area contributed by atoms with E-state index in [0.717, 1.165) is 11.3 Å². The maximum Gasteiger partial charge on any atom is 0.137 e. The van der Waals surface area contributed by atoms with Gasteiger partial charge in [-0.15, -0.1) is 0 Å². The average Bonchev–Trinajstić information content (AvgIpc) is 2.75. The molecule has 0 radical (unpaired) electrons. The average molecular weight is 218 g/mol. The van der Waals surface area contributed by atoms with Crippen LogP contribution in [0.15, 0.2) is 30.7 Å². The Bertz CT molecular complexity index is 480. The van der Waals surface area contributed by atoms with E-state index in [1.165, 1.54) is 0 Å². The Balaban J connectivity index is 2.29. The fourth-order valence-corrected chi connectivity index (χ4v) is 1.49. The summed E-state index contributed by atoms with van der Waals surface area (Å²) < 4.78 is 6.83. The number of pyridine rings is 1. The molecule has 0 fully saturated rings. The van der Waals surface area contributed by atoms with Gasteiger partial charge in [0.25, 0.3) is 0 Å². The van der Waals surface area contributed by atoms with Crippen LogP contribution in [-0.4, -0.2) is 21.9 Å². The van der Waals surface area contributed by atoms with E-state index in [4.69, 9.17) is 10.5 Å². The zero-order valence-corrected chi connectivity index (χ0v) is 9.29. The van der Waals surface area contributed by atoms with Crippen molar-refractivity contribution < 1.29 is 4.74 Å². The maximum atomic E-state index is 6.08. The summed E-state index contributed by atoms with van der Waals surface area (Å²) in [6, 6.07) is 3.49. The quantitative estimate of drug-likeness (QED) is 0.830. The molecule has 84 valence electrons. The topological polar surface area (TPSA) is 66.0 Å². The second-order valence-corrected chi connectivity index (χ2v) is 3.55. The van der Waals surface area contributed by atoms with Gasteiger partial charge in [0, 0.05) is 19.4 Å². The highest BCUT2D eigenvalue weighted by Crippen LogP contribution is 2.20. The molecular formula is C11H14N4O. The smallest absolute Gasteiger partial charge is 0.137 e. The molecule has 5 heteroatoms. The van der Waals surface area contributed by atoms with Crippen molar-refractivity contribution >= 4 is 0 Å². The van der Waals surface area contributed by atoms with Crippen LogP contribution in [0.3, 0.4) is 0 Å². The third-order valence-electron chi connectivity index (χ3n) is 2.38. The van der Waals surface area contributed by atoms with Crippen LogP contribution in [0.25, 0.3) is 0 Å². The fraction of sp³-hybridized carbons (Fsp3) is 0.273. The molecule has 0 saturated heterocycles. The summed E-state index contributed by atoms with van der Waals surface area (Å²) in [6.45, 7) is 0. The van der Waals surface area contributed by atoms with Gasteiger partial charge in [-0.1, -0.05) is 0 Å². The first-order valence-corrected chi connectivity index (χ1v) is 4.95. The van der Waals surface area contributed by atoms with Crippen molar-refractivity contribution in [2.45, 2.75) is 6.04 Å². The molecule has 0 aliphatic rings. The summed E-state index contributed by atoms with van der Waals surface area (Å²) in [6.07, 6.45) is 5.24. The van der Waals surface area contributed by atoms with E-state index in [1.54, 1.807) is 24.2 Å². The van der Waals surface area contributed by atoms with Crippen LogP contribution in [-0.2, 0) is 7.05 Å². The first-order chi connectivity index (χ1) is 7.70. The fourth-order valence-electron chi connectivity index (χ4n) is 1.49. The van der Waals surface area contributed by atoms with E-state index in [-0.39, 0.29) is 6.04 Å². The lowest BCUT2D eigenvalue weighted by Crippen LogP contribution is -2.13. The van der Waals surface area contributed by atoms with Crippen LogP contribution in [0.4, 0.5) is 0 Å². The summed E-state index contributed by atoms with van der Waals surface area (Å²) in [5.74, 6) is 0.698. The number of aromatic nitrogens is 3. The van der Waals surface area contributed by atoms with E-state index in [0.29, 0.717) is 5.75 Å². The highest BCUT2D eigenvalue weighted by Gasteiger charge is 2.12. The van der Waals surface area contributed by atoms with E-state index in [1.807, 2.05) is 25.4 Å². The van der Waals surface area contributed by atoms with Crippen LogP contribution in [0.1, 0.15) is 17.3 Å². The summed E-state index contributed by atoms with van der Waals surface area (Å²) in [5.41, 5.74) is 7.79. The predicted octanol–water partition coefficient (Wildman–Crippen LogP) is 0.872. The maximum absolute atomic E-state index is 6.08. The molecule has 5 nitrogen and oxygen atoms in total. The van der Waals surface area contributed by atoms with Gasteiger partial charge in [-0.3, -0.25) is 9.67 Å². The molecule has 1 unspecified atom stereocenters. The molecule has 0 aliphatic heterocycles. The summed E-state index contributed by atoms with van der Waals surface area (Å²) in [4.78, 5) is 4.07. The second kappa shape index (κ2) is 4.32. The molecule has 0 amide bonds. The van der Waals surface area contributed by atoms with Crippen molar-refractivity contribution in [2.75, 3.05) is 7.11 Å². The Morgan fingerprint density at radius 1 is 1.44 bits per heavy atom. The molecule has 0 bridgehead atoms. The summed E-state index contributed by atoms with van der Waals surface area (Å²) in [7, 11) is 3.47. The van der Waals surface area contributed by atoms with Gasteiger partial charge in [0.2, 0.25) is 0 Å². The van der Waals surface area contributed by atoms with Crippen LogP contribution >= 0.6 is 0 Å². The van der Waals surface area contributed by atoms with Crippen LogP contribution < -0.4 is 10.5 Å². The number of rotatable bonds is 3. The van der Waals surface area contributed by atoms with Gasteiger partial charge in [0.15, 0.2) is 0 Å². The SMILES string of the molecule is COc1cncc(C(N)c2ccn(C)n2)c1. The lowest BCUT2D eigenvalue weighted by atomic mass is 10.1. The molecule has 0 spiro atoms. The van der Waals surface area contributed by atoms with Crippen LogP contribution in [0, 0.1) is 0 Å².